The van der Waals surface area contributed by atoms with Crippen molar-refractivity contribution in [3.8, 4) is 0 Å². The van der Waals surface area contributed by atoms with Gasteiger partial charge in [0.15, 0.2) is 9.84 Å². The number of hydrogen-bond acceptors (Lipinski definition) is 5. The Morgan fingerprint density at radius 3 is 2.65 bits per heavy atom. The number of nitrogens with two attached hydrogens (primary N) is 1. The van der Waals surface area contributed by atoms with E-state index in [9.17, 15) is 18.3 Å². The first-order valence-electron chi connectivity index (χ1n) is 5.93. The van der Waals surface area contributed by atoms with Crippen LogP contribution in [0.1, 0.15) is 23.7 Å². The highest BCUT2D eigenvalue weighted by Crippen LogP contribution is 2.35. The third-order valence-corrected chi connectivity index (χ3v) is 5.47. The summed E-state index contributed by atoms with van der Waals surface area (Å²) in [6.45, 7) is 1.73. The summed E-state index contributed by atoms with van der Waals surface area (Å²) in [4.78, 5) is 11.3. The second-order valence-electron chi connectivity index (χ2n) is 5.26. The molecule has 0 amide bonds. The fourth-order valence-corrected chi connectivity index (χ4v) is 4.70. The predicted molar refractivity (Wildman–Crippen MR) is 78.1 cm³/mol. The Hall–Kier alpha value is -1.47. The van der Waals surface area contributed by atoms with Gasteiger partial charge in [-0.15, -0.1) is 0 Å². The molecule has 0 saturated carbocycles. The van der Waals surface area contributed by atoms with Crippen molar-refractivity contribution in [1.29, 1.82) is 0 Å². The van der Waals surface area contributed by atoms with Gasteiger partial charge in [0.25, 0.3) is 0 Å². The maximum absolute atomic E-state index is 11.6. The number of rotatable bonds is 3. The van der Waals surface area contributed by atoms with Crippen molar-refractivity contribution >= 4 is 38.8 Å². The van der Waals surface area contributed by atoms with Crippen LogP contribution in [0.25, 0.3) is 0 Å². The number of hydrogen-bond donors (Lipinski definition) is 3. The molecule has 8 heteroatoms. The van der Waals surface area contributed by atoms with Crippen LogP contribution in [0.15, 0.2) is 12.1 Å². The lowest BCUT2D eigenvalue weighted by molar-refractivity contribution is 0.0698. The summed E-state index contributed by atoms with van der Waals surface area (Å²) < 4.78 is 23.2. The number of anilines is 2. The van der Waals surface area contributed by atoms with Crippen molar-refractivity contribution in [3.63, 3.8) is 0 Å². The van der Waals surface area contributed by atoms with Crippen LogP contribution < -0.4 is 11.1 Å². The van der Waals surface area contributed by atoms with E-state index in [1.165, 1.54) is 12.1 Å². The molecule has 0 aliphatic carbocycles. The summed E-state index contributed by atoms with van der Waals surface area (Å²) in [6, 6.07) is 2.73. The summed E-state index contributed by atoms with van der Waals surface area (Å²) in [5, 5.41) is 12.3. The van der Waals surface area contributed by atoms with Crippen molar-refractivity contribution in [2.24, 2.45) is 0 Å². The highest BCUT2D eigenvalue weighted by molar-refractivity contribution is 7.91. The summed E-state index contributed by atoms with van der Waals surface area (Å²) in [6.07, 6.45) is 0.398. The summed E-state index contributed by atoms with van der Waals surface area (Å²) in [5.41, 5.74) is 5.22. The van der Waals surface area contributed by atoms with Gasteiger partial charge in [0.05, 0.1) is 27.8 Å². The highest BCUT2D eigenvalue weighted by atomic mass is 35.5. The second kappa shape index (κ2) is 4.82. The highest BCUT2D eigenvalue weighted by Gasteiger charge is 2.39. The molecule has 1 aliphatic heterocycles. The van der Waals surface area contributed by atoms with Crippen molar-refractivity contribution < 1.29 is 18.3 Å². The second-order valence-corrected chi connectivity index (χ2v) is 7.85. The van der Waals surface area contributed by atoms with E-state index >= 15 is 0 Å². The molecule has 1 aromatic carbocycles. The maximum atomic E-state index is 11.6. The fourth-order valence-electron chi connectivity index (χ4n) is 2.33. The molecule has 1 fully saturated rings. The molecule has 6 nitrogen and oxygen atoms in total. The van der Waals surface area contributed by atoms with Crippen LogP contribution in [0.4, 0.5) is 11.4 Å². The van der Waals surface area contributed by atoms with Crippen LogP contribution in [0, 0.1) is 0 Å². The monoisotopic (exact) mass is 318 g/mol. The Kier molecular flexibility index (Phi) is 3.60. The predicted octanol–water partition coefficient (Wildman–Crippen LogP) is 1.61. The molecule has 0 aromatic heterocycles. The first kappa shape index (κ1) is 14.9. The summed E-state index contributed by atoms with van der Waals surface area (Å²) in [5.74, 6) is -1.16. The normalized spacial score (nSPS) is 24.5. The third-order valence-electron chi connectivity index (χ3n) is 3.27. The number of sulfone groups is 1. The first-order valence-corrected chi connectivity index (χ1v) is 8.13. The van der Waals surface area contributed by atoms with Gasteiger partial charge in [-0.2, -0.15) is 0 Å². The van der Waals surface area contributed by atoms with E-state index < -0.39 is 21.3 Å². The fraction of sp³-hybridized carbons (Fsp3) is 0.417. The van der Waals surface area contributed by atoms with Crippen molar-refractivity contribution in [2.75, 3.05) is 22.6 Å². The Morgan fingerprint density at radius 1 is 1.50 bits per heavy atom. The largest absolute Gasteiger partial charge is 0.478 e. The maximum Gasteiger partial charge on any atom is 0.337 e. The zero-order chi connectivity index (χ0) is 15.1. The van der Waals surface area contributed by atoms with Crippen LogP contribution in [0.2, 0.25) is 5.02 Å². The van der Waals surface area contributed by atoms with E-state index in [-0.39, 0.29) is 33.5 Å². The van der Waals surface area contributed by atoms with Gasteiger partial charge < -0.3 is 16.2 Å². The lowest BCUT2D eigenvalue weighted by Gasteiger charge is -2.27. The Balaban J connectivity index is 2.42. The average molecular weight is 319 g/mol. The topological polar surface area (TPSA) is 109 Å². The van der Waals surface area contributed by atoms with Gasteiger partial charge in [0.2, 0.25) is 0 Å². The van der Waals surface area contributed by atoms with E-state index in [1.54, 1.807) is 6.92 Å². The Labute approximate surface area is 121 Å². The Bertz CT molecular complexity index is 674. The molecule has 1 atom stereocenters. The van der Waals surface area contributed by atoms with Crippen LogP contribution in [-0.4, -0.2) is 36.5 Å². The molecule has 1 aliphatic rings. The van der Waals surface area contributed by atoms with E-state index in [0.717, 1.165) is 0 Å². The van der Waals surface area contributed by atoms with E-state index in [0.29, 0.717) is 6.42 Å². The standard InChI is InChI=1S/C12H15ClN2O4S/c1-12(2-3-20(18,19)6-12)15-10-8(11(16)17)4-7(14)5-9(10)13/h4-5,15H,2-3,6,14H2,1H3,(H,16,17). The van der Waals surface area contributed by atoms with Gasteiger partial charge in [0, 0.05) is 11.2 Å². The van der Waals surface area contributed by atoms with E-state index in [1.807, 2.05) is 0 Å². The first-order chi connectivity index (χ1) is 9.12. The van der Waals surface area contributed by atoms with Crippen LogP contribution in [0.5, 0.6) is 0 Å². The SMILES string of the molecule is CC1(Nc2c(Cl)cc(N)cc2C(=O)O)CCS(=O)(=O)C1. The molecule has 4 N–H and O–H groups in total. The van der Waals surface area contributed by atoms with Crippen LogP contribution in [-0.2, 0) is 9.84 Å². The van der Waals surface area contributed by atoms with Crippen molar-refractivity contribution in [3.05, 3.63) is 22.7 Å². The molecular weight excluding hydrogens is 304 g/mol. The number of carboxylic acids is 1. The quantitative estimate of drug-likeness (QED) is 0.730. The molecule has 0 spiro atoms. The number of carboxylic acid groups (broad SMARTS) is 1. The molecule has 1 aromatic rings. The van der Waals surface area contributed by atoms with Crippen LogP contribution >= 0.6 is 11.6 Å². The number of nitrogen functional groups attached to an aromatic ring is 1. The smallest absolute Gasteiger partial charge is 0.337 e. The average Bonchev–Trinajstić information content (AvgIpc) is 2.56. The summed E-state index contributed by atoms with van der Waals surface area (Å²) in [7, 11) is -3.11. The summed E-state index contributed by atoms with van der Waals surface area (Å²) >= 11 is 6.03. The molecule has 110 valence electrons. The molecular formula is C12H15ClN2O4S. The molecule has 1 heterocycles. The molecule has 1 unspecified atom stereocenters. The van der Waals surface area contributed by atoms with Gasteiger partial charge in [-0.05, 0) is 25.5 Å². The van der Waals surface area contributed by atoms with Gasteiger partial charge in [-0.25, -0.2) is 13.2 Å². The zero-order valence-electron chi connectivity index (χ0n) is 10.8. The minimum absolute atomic E-state index is 0.0558. The molecule has 20 heavy (non-hydrogen) atoms. The lowest BCUT2D eigenvalue weighted by atomic mass is 10.0. The molecule has 1 saturated heterocycles. The van der Waals surface area contributed by atoms with Gasteiger partial charge in [0.1, 0.15) is 0 Å². The van der Waals surface area contributed by atoms with Crippen molar-refractivity contribution in [1.82, 2.24) is 0 Å². The molecule has 0 radical (unpaired) electrons. The zero-order valence-corrected chi connectivity index (χ0v) is 12.4. The van der Waals surface area contributed by atoms with Gasteiger partial charge >= 0.3 is 5.97 Å². The number of benzene rings is 1. The number of carbonyl (C=O) groups is 1. The van der Waals surface area contributed by atoms with Gasteiger partial charge in [-0.3, -0.25) is 0 Å². The van der Waals surface area contributed by atoms with Crippen LogP contribution in [0.3, 0.4) is 0 Å². The third kappa shape index (κ3) is 2.99. The minimum Gasteiger partial charge on any atom is -0.478 e. The van der Waals surface area contributed by atoms with Crippen molar-refractivity contribution in [2.45, 2.75) is 18.9 Å². The van der Waals surface area contributed by atoms with Gasteiger partial charge in [-0.1, -0.05) is 11.6 Å². The number of nitrogens with one attached hydrogen (secondary N) is 1. The lowest BCUT2D eigenvalue weighted by Crippen LogP contribution is -2.36. The number of halogens is 1. The van der Waals surface area contributed by atoms with E-state index in [4.69, 9.17) is 17.3 Å². The minimum atomic E-state index is -3.11. The Morgan fingerprint density at radius 2 is 2.15 bits per heavy atom. The van der Waals surface area contributed by atoms with E-state index in [2.05, 4.69) is 5.32 Å². The molecule has 2 rings (SSSR count). The molecule has 0 bridgehead atoms. The number of aromatic carboxylic acids is 1.